The van der Waals surface area contributed by atoms with Crippen molar-refractivity contribution in [1.82, 2.24) is 15.1 Å². The Bertz CT molecular complexity index is 654. The minimum absolute atomic E-state index is 0.0185. The quantitative estimate of drug-likeness (QED) is 0.896. The van der Waals surface area contributed by atoms with Gasteiger partial charge in [-0.3, -0.25) is 4.79 Å². The van der Waals surface area contributed by atoms with Crippen molar-refractivity contribution >= 4 is 11.9 Å². The standard InChI is InChI=1S/C20H29N3O3/c1-15(17-8-7-16-5-3-4-6-18(16)13-17)21-20(25)23-11-9-22(10-12-23)19(24)14-26-2/h7-8,13,15H,3-6,9-12,14H2,1-2H3,(H,21,25). The zero-order valence-electron chi connectivity index (χ0n) is 15.8. The Kier molecular flexibility index (Phi) is 6.14. The fourth-order valence-electron chi connectivity index (χ4n) is 3.76. The summed E-state index contributed by atoms with van der Waals surface area (Å²) >= 11 is 0. The summed E-state index contributed by atoms with van der Waals surface area (Å²) in [6.07, 6.45) is 4.84. The van der Waals surface area contributed by atoms with Gasteiger partial charge in [0.15, 0.2) is 0 Å². The van der Waals surface area contributed by atoms with E-state index in [4.69, 9.17) is 4.74 Å². The second kappa shape index (κ2) is 8.54. The number of methoxy groups -OCH3 is 1. The molecule has 1 atom stereocenters. The molecule has 1 unspecified atom stereocenters. The molecule has 26 heavy (non-hydrogen) atoms. The van der Waals surface area contributed by atoms with Crippen molar-refractivity contribution in [2.24, 2.45) is 0 Å². The van der Waals surface area contributed by atoms with E-state index in [2.05, 4.69) is 23.5 Å². The van der Waals surface area contributed by atoms with Crippen LogP contribution in [0.5, 0.6) is 0 Å². The van der Waals surface area contributed by atoms with Crippen LogP contribution in [-0.4, -0.2) is 61.6 Å². The average Bonchev–Trinajstić information content (AvgIpc) is 2.67. The van der Waals surface area contributed by atoms with Gasteiger partial charge < -0.3 is 19.9 Å². The maximum absolute atomic E-state index is 12.6. The number of hydrogen-bond acceptors (Lipinski definition) is 3. The lowest BCUT2D eigenvalue weighted by atomic mass is 9.89. The van der Waals surface area contributed by atoms with E-state index < -0.39 is 0 Å². The number of nitrogens with zero attached hydrogens (tertiary/aromatic N) is 2. The number of fused-ring (bicyclic) bond motifs is 1. The fourth-order valence-corrected chi connectivity index (χ4v) is 3.76. The molecule has 1 aromatic carbocycles. The third-order valence-electron chi connectivity index (χ3n) is 5.40. The van der Waals surface area contributed by atoms with Gasteiger partial charge in [-0.15, -0.1) is 0 Å². The number of aryl methyl sites for hydroxylation is 2. The van der Waals surface area contributed by atoms with Crippen molar-refractivity contribution in [3.05, 3.63) is 34.9 Å². The molecule has 1 aliphatic carbocycles. The number of benzene rings is 1. The van der Waals surface area contributed by atoms with E-state index >= 15 is 0 Å². The third-order valence-corrected chi connectivity index (χ3v) is 5.40. The van der Waals surface area contributed by atoms with Crippen LogP contribution < -0.4 is 5.32 Å². The van der Waals surface area contributed by atoms with Gasteiger partial charge in [-0.1, -0.05) is 18.2 Å². The van der Waals surface area contributed by atoms with Crippen LogP contribution >= 0.6 is 0 Å². The predicted octanol–water partition coefficient (Wildman–Crippen LogP) is 2.13. The molecule has 142 valence electrons. The zero-order chi connectivity index (χ0) is 18.5. The zero-order valence-corrected chi connectivity index (χ0v) is 15.8. The number of piperazine rings is 1. The highest BCUT2D eigenvalue weighted by Crippen LogP contribution is 2.24. The summed E-state index contributed by atoms with van der Waals surface area (Å²) in [6, 6.07) is 6.51. The van der Waals surface area contributed by atoms with Gasteiger partial charge in [-0.2, -0.15) is 0 Å². The lowest BCUT2D eigenvalue weighted by molar-refractivity contribution is -0.136. The molecule has 0 bridgehead atoms. The first-order valence-electron chi connectivity index (χ1n) is 9.52. The third kappa shape index (κ3) is 4.36. The number of ether oxygens (including phenoxy) is 1. The van der Waals surface area contributed by atoms with Crippen molar-refractivity contribution in [3.8, 4) is 0 Å². The molecule has 1 N–H and O–H groups in total. The molecule has 1 aliphatic heterocycles. The first kappa shape index (κ1) is 18.7. The van der Waals surface area contributed by atoms with Crippen molar-refractivity contribution in [1.29, 1.82) is 0 Å². The van der Waals surface area contributed by atoms with Gasteiger partial charge in [-0.25, -0.2) is 4.79 Å². The molecular formula is C20H29N3O3. The summed E-state index contributed by atoms with van der Waals surface area (Å²) in [6.45, 7) is 4.35. The number of rotatable bonds is 4. The van der Waals surface area contributed by atoms with E-state index in [0.29, 0.717) is 26.2 Å². The molecule has 2 aliphatic rings. The number of nitrogens with one attached hydrogen (secondary N) is 1. The predicted molar refractivity (Wildman–Crippen MR) is 100 cm³/mol. The van der Waals surface area contributed by atoms with Gasteiger partial charge >= 0.3 is 6.03 Å². The van der Waals surface area contributed by atoms with Crippen molar-refractivity contribution in [2.45, 2.75) is 38.6 Å². The molecule has 1 saturated heterocycles. The van der Waals surface area contributed by atoms with E-state index in [0.717, 1.165) is 12.0 Å². The first-order chi connectivity index (χ1) is 12.6. The number of hydrogen-bond donors (Lipinski definition) is 1. The Morgan fingerprint density at radius 1 is 1.08 bits per heavy atom. The Morgan fingerprint density at radius 3 is 2.42 bits per heavy atom. The minimum Gasteiger partial charge on any atom is -0.375 e. The second-order valence-corrected chi connectivity index (χ2v) is 7.21. The van der Waals surface area contributed by atoms with Crippen LogP contribution in [0, 0.1) is 0 Å². The van der Waals surface area contributed by atoms with Crippen LogP contribution in [0.3, 0.4) is 0 Å². The Balaban J connectivity index is 1.53. The SMILES string of the molecule is COCC(=O)N1CCN(C(=O)NC(C)c2ccc3c(c2)CCCC3)CC1. The molecular weight excluding hydrogens is 330 g/mol. The van der Waals surface area contributed by atoms with E-state index in [1.807, 2.05) is 6.92 Å². The summed E-state index contributed by atoms with van der Waals surface area (Å²) in [5.74, 6) is -0.0185. The average molecular weight is 359 g/mol. The van der Waals surface area contributed by atoms with E-state index in [1.54, 1.807) is 9.80 Å². The van der Waals surface area contributed by atoms with Gasteiger partial charge in [0.25, 0.3) is 0 Å². The second-order valence-electron chi connectivity index (χ2n) is 7.21. The highest BCUT2D eigenvalue weighted by Gasteiger charge is 2.25. The Labute approximate surface area is 155 Å². The topological polar surface area (TPSA) is 61.9 Å². The minimum atomic E-state index is -0.0611. The van der Waals surface area contributed by atoms with Crippen molar-refractivity contribution < 1.29 is 14.3 Å². The monoisotopic (exact) mass is 359 g/mol. The first-order valence-corrected chi connectivity index (χ1v) is 9.52. The molecule has 0 aromatic heterocycles. The summed E-state index contributed by atoms with van der Waals surface area (Å²) in [5, 5.41) is 3.10. The smallest absolute Gasteiger partial charge is 0.317 e. The summed E-state index contributed by atoms with van der Waals surface area (Å²) < 4.78 is 4.89. The summed E-state index contributed by atoms with van der Waals surface area (Å²) in [7, 11) is 1.52. The lowest BCUT2D eigenvalue weighted by Gasteiger charge is -2.35. The van der Waals surface area contributed by atoms with E-state index in [-0.39, 0.29) is 24.6 Å². The summed E-state index contributed by atoms with van der Waals surface area (Å²) in [5.41, 5.74) is 4.04. The highest BCUT2D eigenvalue weighted by molar-refractivity contribution is 5.78. The number of amides is 3. The fraction of sp³-hybridized carbons (Fsp3) is 0.600. The maximum Gasteiger partial charge on any atom is 0.317 e. The van der Waals surface area contributed by atoms with E-state index in [1.165, 1.54) is 37.5 Å². The number of carbonyl (C=O) groups is 2. The summed E-state index contributed by atoms with van der Waals surface area (Å²) in [4.78, 5) is 27.9. The molecule has 3 rings (SSSR count). The van der Waals surface area contributed by atoms with Crippen LogP contribution in [-0.2, 0) is 22.4 Å². The van der Waals surface area contributed by atoms with Gasteiger partial charge in [-0.05, 0) is 49.3 Å². The number of urea groups is 1. The largest absolute Gasteiger partial charge is 0.375 e. The van der Waals surface area contributed by atoms with Crippen LogP contribution in [0.2, 0.25) is 0 Å². The molecule has 0 spiro atoms. The van der Waals surface area contributed by atoms with Crippen LogP contribution in [0.1, 0.15) is 42.5 Å². The molecule has 1 fully saturated rings. The highest BCUT2D eigenvalue weighted by atomic mass is 16.5. The molecule has 1 aromatic rings. The van der Waals surface area contributed by atoms with Crippen LogP contribution in [0.25, 0.3) is 0 Å². The Hall–Kier alpha value is -2.08. The maximum atomic E-state index is 12.6. The molecule has 3 amide bonds. The van der Waals surface area contributed by atoms with Gasteiger partial charge in [0.2, 0.25) is 5.91 Å². The molecule has 0 saturated carbocycles. The molecule has 1 heterocycles. The number of carbonyl (C=O) groups excluding carboxylic acids is 2. The van der Waals surface area contributed by atoms with Crippen LogP contribution in [0.15, 0.2) is 18.2 Å². The lowest BCUT2D eigenvalue weighted by Crippen LogP contribution is -2.54. The Morgan fingerprint density at radius 2 is 1.73 bits per heavy atom. The van der Waals surface area contributed by atoms with E-state index in [9.17, 15) is 9.59 Å². The van der Waals surface area contributed by atoms with Crippen molar-refractivity contribution in [3.63, 3.8) is 0 Å². The molecule has 6 heteroatoms. The van der Waals surface area contributed by atoms with Gasteiger partial charge in [0.05, 0.1) is 6.04 Å². The molecule has 0 radical (unpaired) electrons. The van der Waals surface area contributed by atoms with Gasteiger partial charge in [0.1, 0.15) is 6.61 Å². The normalized spacial score (nSPS) is 18.2. The van der Waals surface area contributed by atoms with Gasteiger partial charge in [0, 0.05) is 33.3 Å². The van der Waals surface area contributed by atoms with Crippen molar-refractivity contribution in [2.75, 3.05) is 39.9 Å². The van der Waals surface area contributed by atoms with Crippen LogP contribution in [0.4, 0.5) is 4.79 Å². The molecule has 6 nitrogen and oxygen atoms in total.